The highest BCUT2D eigenvalue weighted by Crippen LogP contribution is 2.22. The Hall–Kier alpha value is -4.91. The quantitative estimate of drug-likeness (QED) is 0.113. The largest absolute Gasteiger partial charge is 0.497 e. The summed E-state index contributed by atoms with van der Waals surface area (Å²) in [5.41, 5.74) is 5.63. The number of non-ortho nitro benzene ring substituents is 1. The molecule has 7 heteroatoms. The third-order valence-electron chi connectivity index (χ3n) is 5.82. The molecule has 7 nitrogen and oxygen atoms in total. The molecule has 37 heavy (non-hydrogen) atoms. The Morgan fingerprint density at radius 1 is 0.730 bits per heavy atom. The van der Waals surface area contributed by atoms with Crippen LogP contribution in [0.25, 0.3) is 12.2 Å². The monoisotopic (exact) mass is 493 g/mol. The predicted molar refractivity (Wildman–Crippen MR) is 148 cm³/mol. The number of benzene rings is 4. The molecule has 0 aliphatic heterocycles. The molecule has 0 aliphatic rings. The average molecular weight is 494 g/mol. The van der Waals surface area contributed by atoms with Crippen LogP contribution in [0.3, 0.4) is 0 Å². The van der Waals surface area contributed by atoms with Crippen molar-refractivity contribution in [2.75, 3.05) is 26.3 Å². The van der Waals surface area contributed by atoms with E-state index in [9.17, 15) is 10.1 Å². The second-order valence-electron chi connectivity index (χ2n) is 8.20. The minimum Gasteiger partial charge on any atom is -0.497 e. The highest BCUT2D eigenvalue weighted by molar-refractivity contribution is 6.13. The van der Waals surface area contributed by atoms with E-state index in [1.165, 1.54) is 12.1 Å². The SMILES string of the molecule is COc1ccc(C(=NN(C)c2ccc(C=Cc3ccc([N+](=O)[O-])cc3)cc2)c2ccc(OC)cc2)cc1. The van der Waals surface area contributed by atoms with Crippen LogP contribution in [0.1, 0.15) is 22.3 Å². The van der Waals surface area contributed by atoms with Gasteiger partial charge in [0.05, 0.1) is 30.5 Å². The van der Waals surface area contributed by atoms with E-state index < -0.39 is 4.92 Å². The van der Waals surface area contributed by atoms with Crippen molar-refractivity contribution in [3.05, 3.63) is 129 Å². The third kappa shape index (κ3) is 6.41. The molecule has 0 N–H and O–H groups in total. The number of hydrogen-bond acceptors (Lipinski definition) is 6. The summed E-state index contributed by atoms with van der Waals surface area (Å²) in [6.45, 7) is 0. The first-order valence-electron chi connectivity index (χ1n) is 11.6. The number of nitro benzene ring substituents is 1. The van der Waals surface area contributed by atoms with Gasteiger partial charge in [-0.2, -0.15) is 5.10 Å². The van der Waals surface area contributed by atoms with Gasteiger partial charge < -0.3 is 9.47 Å². The molecule has 0 radical (unpaired) electrons. The lowest BCUT2D eigenvalue weighted by molar-refractivity contribution is -0.384. The number of hydrazone groups is 1. The van der Waals surface area contributed by atoms with Crippen LogP contribution >= 0.6 is 0 Å². The van der Waals surface area contributed by atoms with Gasteiger partial charge in [-0.05, 0) is 83.9 Å². The Morgan fingerprint density at radius 2 is 1.16 bits per heavy atom. The van der Waals surface area contributed by atoms with Crippen LogP contribution in [-0.2, 0) is 0 Å². The Balaban J connectivity index is 1.57. The first kappa shape index (κ1) is 25.2. The zero-order valence-electron chi connectivity index (χ0n) is 20.9. The highest BCUT2D eigenvalue weighted by atomic mass is 16.6. The molecule has 0 heterocycles. The van der Waals surface area contributed by atoms with Crippen LogP contribution in [0, 0.1) is 10.1 Å². The van der Waals surface area contributed by atoms with Gasteiger partial charge in [-0.1, -0.05) is 24.3 Å². The van der Waals surface area contributed by atoms with Crippen LogP contribution < -0.4 is 14.5 Å². The van der Waals surface area contributed by atoms with Gasteiger partial charge in [0.25, 0.3) is 5.69 Å². The summed E-state index contributed by atoms with van der Waals surface area (Å²) in [6, 6.07) is 30.1. The minimum absolute atomic E-state index is 0.0775. The smallest absolute Gasteiger partial charge is 0.269 e. The maximum absolute atomic E-state index is 10.8. The Morgan fingerprint density at radius 3 is 1.57 bits per heavy atom. The average Bonchev–Trinajstić information content (AvgIpc) is 2.95. The third-order valence-corrected chi connectivity index (χ3v) is 5.82. The number of nitro groups is 1. The first-order valence-corrected chi connectivity index (χ1v) is 11.6. The first-order chi connectivity index (χ1) is 18.0. The summed E-state index contributed by atoms with van der Waals surface area (Å²) >= 11 is 0. The standard InChI is InChI=1S/C30H27N3O4/c1-32(26-14-6-22(7-15-26)4-5-23-8-16-27(17-9-23)33(34)35)31-30(24-10-18-28(36-2)19-11-24)25-12-20-29(37-3)21-13-25/h4-21H,1-3H3. The molecule has 0 saturated heterocycles. The van der Waals surface area contributed by atoms with Crippen molar-refractivity contribution in [1.82, 2.24) is 0 Å². The van der Waals surface area contributed by atoms with Crippen LogP contribution in [0.4, 0.5) is 11.4 Å². The zero-order chi connectivity index (χ0) is 26.2. The molecule has 0 bridgehead atoms. The summed E-state index contributed by atoms with van der Waals surface area (Å²) in [4.78, 5) is 10.4. The molecule has 4 aromatic rings. The van der Waals surface area contributed by atoms with Gasteiger partial charge in [0, 0.05) is 30.3 Å². The fourth-order valence-electron chi connectivity index (χ4n) is 3.69. The fourth-order valence-corrected chi connectivity index (χ4v) is 3.69. The predicted octanol–water partition coefficient (Wildman–Crippen LogP) is 6.67. The maximum atomic E-state index is 10.8. The lowest BCUT2D eigenvalue weighted by atomic mass is 10.0. The van der Waals surface area contributed by atoms with Crippen LogP contribution in [-0.4, -0.2) is 31.9 Å². The molecule has 0 spiro atoms. The lowest BCUT2D eigenvalue weighted by Crippen LogP contribution is -2.15. The Labute approximate surface area is 216 Å². The molecule has 0 unspecified atom stereocenters. The number of hydrogen-bond donors (Lipinski definition) is 0. The molecule has 0 amide bonds. The second-order valence-corrected chi connectivity index (χ2v) is 8.20. The second kappa shape index (κ2) is 11.7. The van der Waals surface area contributed by atoms with Crippen LogP contribution in [0.5, 0.6) is 11.5 Å². The molecular formula is C30H27N3O4. The van der Waals surface area contributed by atoms with E-state index in [-0.39, 0.29) is 5.69 Å². The van der Waals surface area contributed by atoms with E-state index in [4.69, 9.17) is 14.6 Å². The molecule has 0 aromatic heterocycles. The van der Waals surface area contributed by atoms with Crippen molar-refractivity contribution in [3.63, 3.8) is 0 Å². The molecular weight excluding hydrogens is 466 g/mol. The Bertz CT molecular complexity index is 1340. The van der Waals surface area contributed by atoms with Gasteiger partial charge in [-0.25, -0.2) is 0 Å². The Kier molecular flexibility index (Phi) is 7.95. The molecule has 0 fully saturated rings. The number of rotatable bonds is 9. The molecule has 186 valence electrons. The topological polar surface area (TPSA) is 77.2 Å². The highest BCUT2D eigenvalue weighted by Gasteiger charge is 2.11. The summed E-state index contributed by atoms with van der Waals surface area (Å²) in [7, 11) is 5.20. The van der Waals surface area contributed by atoms with Crippen LogP contribution in [0.2, 0.25) is 0 Å². The summed E-state index contributed by atoms with van der Waals surface area (Å²) < 4.78 is 10.6. The van der Waals surface area contributed by atoms with Crippen molar-refractivity contribution < 1.29 is 14.4 Å². The van der Waals surface area contributed by atoms with Crippen molar-refractivity contribution in [2.24, 2.45) is 5.10 Å². The fraction of sp³-hybridized carbons (Fsp3) is 0.100. The normalized spacial score (nSPS) is 10.7. The van der Waals surface area contributed by atoms with Gasteiger partial charge in [0.2, 0.25) is 0 Å². The molecule has 4 rings (SSSR count). The van der Waals surface area contributed by atoms with Crippen molar-refractivity contribution in [2.45, 2.75) is 0 Å². The van der Waals surface area contributed by atoms with E-state index in [0.29, 0.717) is 0 Å². The van der Waals surface area contributed by atoms with E-state index >= 15 is 0 Å². The summed E-state index contributed by atoms with van der Waals surface area (Å²) in [5, 5.41) is 17.6. The number of nitrogens with zero attached hydrogens (tertiary/aromatic N) is 3. The summed E-state index contributed by atoms with van der Waals surface area (Å²) in [5.74, 6) is 1.56. The molecule has 0 atom stereocenters. The van der Waals surface area contributed by atoms with Gasteiger partial charge in [0.1, 0.15) is 11.5 Å². The number of anilines is 1. The molecule has 0 aliphatic carbocycles. The number of ether oxygens (including phenoxy) is 2. The van der Waals surface area contributed by atoms with Crippen molar-refractivity contribution in [3.8, 4) is 11.5 Å². The zero-order valence-corrected chi connectivity index (χ0v) is 20.9. The van der Waals surface area contributed by atoms with Crippen molar-refractivity contribution >= 4 is 29.2 Å². The maximum Gasteiger partial charge on any atom is 0.269 e. The van der Waals surface area contributed by atoms with Gasteiger partial charge in [-0.15, -0.1) is 0 Å². The lowest BCUT2D eigenvalue weighted by Gasteiger charge is -2.17. The molecule has 4 aromatic carbocycles. The van der Waals surface area contributed by atoms with Crippen molar-refractivity contribution in [1.29, 1.82) is 0 Å². The molecule has 0 saturated carbocycles. The minimum atomic E-state index is -0.403. The van der Waals surface area contributed by atoms with E-state index in [2.05, 4.69) is 0 Å². The van der Waals surface area contributed by atoms with Gasteiger partial charge in [-0.3, -0.25) is 15.1 Å². The van der Waals surface area contributed by atoms with Crippen LogP contribution in [0.15, 0.2) is 102 Å². The van der Waals surface area contributed by atoms with E-state index in [0.717, 1.165) is 45.2 Å². The van der Waals surface area contributed by atoms with E-state index in [1.54, 1.807) is 26.4 Å². The van der Waals surface area contributed by atoms with Gasteiger partial charge in [0.15, 0.2) is 0 Å². The number of methoxy groups -OCH3 is 2. The summed E-state index contributed by atoms with van der Waals surface area (Å²) in [6.07, 6.45) is 3.89. The van der Waals surface area contributed by atoms with Gasteiger partial charge >= 0.3 is 0 Å². The van der Waals surface area contributed by atoms with E-state index in [1.807, 2.05) is 97.0 Å².